The molecular weight excluding hydrogens is 288 g/mol. The van der Waals surface area contributed by atoms with Crippen LogP contribution in [-0.2, 0) is 27.8 Å². The molecule has 0 aromatic carbocycles. The summed E-state index contributed by atoms with van der Waals surface area (Å²) in [6, 6.07) is 3.99. The second kappa shape index (κ2) is 6.10. The van der Waals surface area contributed by atoms with Crippen LogP contribution >= 0.6 is 0 Å². The Bertz CT molecular complexity index is 577. The van der Waals surface area contributed by atoms with Crippen LogP contribution in [0.5, 0.6) is 0 Å². The number of rotatable bonds is 6. The molecule has 1 saturated carbocycles. The summed E-state index contributed by atoms with van der Waals surface area (Å²) in [5, 5.41) is 0. The highest BCUT2D eigenvalue weighted by molar-refractivity contribution is 7.88. The van der Waals surface area contributed by atoms with Crippen LogP contribution in [0.4, 0.5) is 0 Å². The van der Waals surface area contributed by atoms with Gasteiger partial charge in [0.05, 0.1) is 12.8 Å². The lowest BCUT2D eigenvalue weighted by molar-refractivity contribution is 0.106. The van der Waals surface area contributed by atoms with Crippen LogP contribution in [0.2, 0.25) is 0 Å². The van der Waals surface area contributed by atoms with Crippen LogP contribution in [-0.4, -0.2) is 43.3 Å². The topological polar surface area (TPSA) is 51.5 Å². The van der Waals surface area contributed by atoms with Gasteiger partial charge in [-0.25, -0.2) is 8.42 Å². The van der Waals surface area contributed by atoms with Gasteiger partial charge in [0.2, 0.25) is 10.0 Å². The van der Waals surface area contributed by atoms with Gasteiger partial charge in [0, 0.05) is 38.2 Å². The molecule has 1 aliphatic carbocycles. The Morgan fingerprint density at radius 2 is 2.10 bits per heavy atom. The van der Waals surface area contributed by atoms with Crippen LogP contribution in [0, 0.1) is 11.8 Å². The van der Waals surface area contributed by atoms with Gasteiger partial charge in [-0.05, 0) is 43.2 Å². The van der Waals surface area contributed by atoms with E-state index in [1.165, 1.54) is 19.1 Å². The van der Waals surface area contributed by atoms with Crippen LogP contribution < -0.4 is 0 Å². The lowest BCUT2D eigenvalue weighted by Crippen LogP contribution is -2.33. The average Bonchev–Trinajstić information content (AvgIpc) is 3.17. The lowest BCUT2D eigenvalue weighted by atomic mass is 10.1. The van der Waals surface area contributed by atoms with Crippen molar-refractivity contribution in [2.24, 2.45) is 11.8 Å². The molecule has 0 spiro atoms. The quantitative estimate of drug-likeness (QED) is 0.751. The van der Waals surface area contributed by atoms with E-state index in [0.717, 1.165) is 37.8 Å². The summed E-state index contributed by atoms with van der Waals surface area (Å²) in [6.07, 6.45) is 6.86. The molecule has 1 atom stereocenters. The van der Waals surface area contributed by atoms with E-state index in [4.69, 9.17) is 4.74 Å². The van der Waals surface area contributed by atoms with Crippen molar-refractivity contribution in [3.8, 4) is 0 Å². The first kappa shape index (κ1) is 15.1. The maximum atomic E-state index is 11.9. The molecule has 3 rings (SSSR count). The zero-order valence-corrected chi connectivity index (χ0v) is 13.4. The third-order valence-electron chi connectivity index (χ3n) is 4.37. The second-order valence-electron chi connectivity index (χ2n) is 6.38. The van der Waals surface area contributed by atoms with Gasteiger partial charge >= 0.3 is 0 Å². The first-order valence-electron chi connectivity index (χ1n) is 7.69. The molecule has 2 heterocycles. The minimum atomic E-state index is -3.16. The van der Waals surface area contributed by atoms with Gasteiger partial charge in [-0.3, -0.25) is 0 Å². The number of ether oxygens (including phenoxy) is 1. The Morgan fingerprint density at radius 1 is 1.29 bits per heavy atom. The lowest BCUT2D eigenvalue weighted by Gasteiger charge is -2.21. The minimum Gasteiger partial charge on any atom is -0.381 e. The minimum absolute atomic E-state index is 0.313. The van der Waals surface area contributed by atoms with Crippen LogP contribution in [0.1, 0.15) is 25.0 Å². The van der Waals surface area contributed by atoms with Crippen LogP contribution in [0.3, 0.4) is 0 Å². The van der Waals surface area contributed by atoms with Crippen molar-refractivity contribution in [3.05, 3.63) is 24.0 Å². The SMILES string of the molecule is CS(=O)(=O)N1Cc2cccn2C[C@H](CCOCC2CC2)C1. The molecule has 1 aliphatic heterocycles. The average molecular weight is 312 g/mol. The van der Waals surface area contributed by atoms with Crippen molar-refractivity contribution >= 4 is 10.0 Å². The molecule has 0 bridgehead atoms. The van der Waals surface area contributed by atoms with Crippen molar-refractivity contribution in [1.82, 2.24) is 8.87 Å². The van der Waals surface area contributed by atoms with Crippen LogP contribution in [0.25, 0.3) is 0 Å². The predicted molar refractivity (Wildman–Crippen MR) is 81.3 cm³/mol. The maximum absolute atomic E-state index is 11.9. The molecule has 0 unspecified atom stereocenters. The number of hydrogen-bond donors (Lipinski definition) is 0. The largest absolute Gasteiger partial charge is 0.381 e. The van der Waals surface area contributed by atoms with Gasteiger partial charge in [-0.2, -0.15) is 4.31 Å². The highest BCUT2D eigenvalue weighted by Crippen LogP contribution is 2.29. The molecule has 6 heteroatoms. The predicted octanol–water partition coefficient (Wildman–Crippen LogP) is 1.70. The summed E-state index contributed by atoms with van der Waals surface area (Å²) in [7, 11) is -3.16. The first-order valence-corrected chi connectivity index (χ1v) is 9.54. The number of fused-ring (bicyclic) bond motifs is 1. The summed E-state index contributed by atoms with van der Waals surface area (Å²) in [5.41, 5.74) is 1.07. The highest BCUT2D eigenvalue weighted by Gasteiger charge is 2.27. The number of sulfonamides is 1. The highest BCUT2D eigenvalue weighted by atomic mass is 32.2. The third-order valence-corrected chi connectivity index (χ3v) is 5.58. The molecule has 118 valence electrons. The van der Waals surface area contributed by atoms with E-state index < -0.39 is 10.0 Å². The van der Waals surface area contributed by atoms with Gasteiger partial charge in [0.15, 0.2) is 0 Å². The molecule has 0 saturated heterocycles. The Labute approximate surface area is 126 Å². The molecular formula is C15H24N2O3S. The number of aromatic nitrogens is 1. The fourth-order valence-corrected chi connectivity index (χ4v) is 3.71. The first-order chi connectivity index (χ1) is 10.0. The maximum Gasteiger partial charge on any atom is 0.211 e. The van der Waals surface area contributed by atoms with Crippen molar-refractivity contribution < 1.29 is 13.2 Å². The van der Waals surface area contributed by atoms with E-state index in [2.05, 4.69) is 4.57 Å². The van der Waals surface area contributed by atoms with Gasteiger partial charge in [0.25, 0.3) is 0 Å². The Hall–Kier alpha value is -0.850. The van der Waals surface area contributed by atoms with E-state index in [-0.39, 0.29) is 0 Å². The summed E-state index contributed by atoms with van der Waals surface area (Å²) in [6.45, 7) is 3.55. The normalized spacial score (nSPS) is 23.8. The van der Waals surface area contributed by atoms with E-state index in [9.17, 15) is 8.42 Å². The summed E-state index contributed by atoms with van der Waals surface area (Å²) in [5.74, 6) is 1.09. The fraction of sp³-hybridized carbons (Fsp3) is 0.733. The van der Waals surface area contributed by atoms with Crippen LogP contribution in [0.15, 0.2) is 18.3 Å². The van der Waals surface area contributed by atoms with Crippen molar-refractivity contribution in [3.63, 3.8) is 0 Å². The molecule has 1 fully saturated rings. The molecule has 0 radical (unpaired) electrons. The van der Waals surface area contributed by atoms with E-state index in [0.29, 0.717) is 19.0 Å². The smallest absolute Gasteiger partial charge is 0.211 e. The van der Waals surface area contributed by atoms with Crippen molar-refractivity contribution in [2.75, 3.05) is 26.0 Å². The Morgan fingerprint density at radius 3 is 2.81 bits per heavy atom. The van der Waals surface area contributed by atoms with Gasteiger partial charge in [0.1, 0.15) is 0 Å². The molecule has 2 aliphatic rings. The van der Waals surface area contributed by atoms with Gasteiger partial charge in [-0.1, -0.05) is 0 Å². The molecule has 5 nitrogen and oxygen atoms in total. The van der Waals surface area contributed by atoms with E-state index in [1.54, 1.807) is 4.31 Å². The van der Waals surface area contributed by atoms with Crippen molar-refractivity contribution in [2.45, 2.75) is 32.4 Å². The third kappa shape index (κ3) is 4.08. The zero-order chi connectivity index (χ0) is 14.9. The summed E-state index contributed by atoms with van der Waals surface area (Å²) >= 11 is 0. The van der Waals surface area contributed by atoms with E-state index in [1.807, 2.05) is 18.3 Å². The summed E-state index contributed by atoms with van der Waals surface area (Å²) in [4.78, 5) is 0. The van der Waals surface area contributed by atoms with Gasteiger partial charge in [-0.15, -0.1) is 0 Å². The number of hydrogen-bond acceptors (Lipinski definition) is 3. The zero-order valence-electron chi connectivity index (χ0n) is 12.6. The standard InChI is InChI=1S/C15H24N2O3S/c1-21(18,19)17-10-14(6-8-20-12-13-4-5-13)9-16-7-2-3-15(16)11-17/h2-3,7,13-14H,4-6,8-12H2,1H3/t14-/m0/s1. The number of nitrogens with zero attached hydrogens (tertiary/aromatic N) is 2. The fourth-order valence-electron chi connectivity index (χ4n) is 2.86. The van der Waals surface area contributed by atoms with E-state index >= 15 is 0 Å². The molecule has 0 N–H and O–H groups in total. The molecule has 1 aromatic rings. The molecule has 0 amide bonds. The molecule has 21 heavy (non-hydrogen) atoms. The second-order valence-corrected chi connectivity index (χ2v) is 8.36. The Kier molecular flexibility index (Phi) is 4.38. The monoisotopic (exact) mass is 312 g/mol. The Balaban J connectivity index is 1.62. The van der Waals surface area contributed by atoms with Crippen molar-refractivity contribution in [1.29, 1.82) is 0 Å². The molecule has 1 aromatic heterocycles. The van der Waals surface area contributed by atoms with Gasteiger partial charge < -0.3 is 9.30 Å². The summed E-state index contributed by atoms with van der Waals surface area (Å²) < 4.78 is 33.3.